The maximum atomic E-state index is 7.42. The van der Waals surface area contributed by atoms with Crippen molar-refractivity contribution in [1.29, 1.82) is 5.41 Å². The molecule has 5 heteroatoms. The van der Waals surface area contributed by atoms with Crippen LogP contribution in [0.4, 0.5) is 0 Å². The second kappa shape index (κ2) is 8.45. The molecule has 2 aliphatic rings. The topological polar surface area (TPSA) is 60.4 Å². The van der Waals surface area contributed by atoms with Crippen LogP contribution in [-0.4, -0.2) is 63.1 Å². The molecule has 1 saturated carbocycles. The van der Waals surface area contributed by atoms with Crippen molar-refractivity contribution in [3.05, 3.63) is 11.8 Å². The third-order valence-corrected chi connectivity index (χ3v) is 5.32. The highest BCUT2D eigenvalue weighted by Crippen LogP contribution is 2.46. The quantitative estimate of drug-likeness (QED) is 0.596. The largest absolute Gasteiger partial charge is 0.385 e. The van der Waals surface area contributed by atoms with E-state index in [1.54, 1.807) is 0 Å². The van der Waals surface area contributed by atoms with Crippen LogP contribution in [0.1, 0.15) is 46.0 Å². The van der Waals surface area contributed by atoms with Crippen LogP contribution in [0.2, 0.25) is 0 Å². The number of likely N-dealkylation sites (N-methyl/N-ethyl adjacent to an activating group) is 2. The zero-order valence-electron chi connectivity index (χ0n) is 16.0. The molecule has 1 aliphatic heterocycles. The molecule has 1 saturated heterocycles. The molecule has 1 aliphatic carbocycles. The molecule has 138 valence electrons. The normalized spacial score (nSPS) is 30.0. The average molecular weight is 337 g/mol. The standard InChI is InChI=1S/C19H36N4O/c1-18(2)14-19(24-15-18)8-5-16(6-9-19)22-17(7-10-20)13-23(4)12-11-21-3/h7,10,16,20-22H,5-6,8-9,11-15H2,1-4H3/b17-7-,20-10?. The predicted octanol–water partition coefficient (Wildman–Crippen LogP) is 2.39. The fraction of sp³-hybridized carbons (Fsp3) is 0.842. The van der Waals surface area contributed by atoms with Gasteiger partial charge >= 0.3 is 0 Å². The Labute approximate surface area is 147 Å². The molecule has 5 nitrogen and oxygen atoms in total. The second-order valence-electron chi connectivity index (χ2n) is 8.43. The van der Waals surface area contributed by atoms with Gasteiger partial charge in [0.25, 0.3) is 0 Å². The van der Waals surface area contributed by atoms with E-state index in [0.29, 0.717) is 11.5 Å². The summed E-state index contributed by atoms with van der Waals surface area (Å²) >= 11 is 0. The molecule has 3 N–H and O–H groups in total. The first-order valence-corrected chi connectivity index (χ1v) is 9.31. The van der Waals surface area contributed by atoms with Crippen LogP contribution in [0.5, 0.6) is 0 Å². The van der Waals surface area contributed by atoms with E-state index in [9.17, 15) is 0 Å². The summed E-state index contributed by atoms with van der Waals surface area (Å²) in [5, 5.41) is 14.3. The number of nitrogens with one attached hydrogen (secondary N) is 3. The summed E-state index contributed by atoms with van der Waals surface area (Å²) < 4.78 is 6.21. The first kappa shape index (κ1) is 19.4. The van der Waals surface area contributed by atoms with E-state index in [4.69, 9.17) is 10.1 Å². The fourth-order valence-corrected chi connectivity index (χ4v) is 4.11. The van der Waals surface area contributed by atoms with Crippen LogP contribution in [0.15, 0.2) is 11.8 Å². The molecule has 0 atom stereocenters. The van der Waals surface area contributed by atoms with Crippen molar-refractivity contribution in [2.24, 2.45) is 5.41 Å². The highest BCUT2D eigenvalue weighted by molar-refractivity contribution is 5.68. The van der Waals surface area contributed by atoms with Crippen molar-refractivity contribution in [3.8, 4) is 0 Å². The van der Waals surface area contributed by atoms with Crippen molar-refractivity contribution < 1.29 is 4.74 Å². The summed E-state index contributed by atoms with van der Waals surface area (Å²) in [6.45, 7) is 8.39. The van der Waals surface area contributed by atoms with Gasteiger partial charge in [-0.2, -0.15) is 0 Å². The third kappa shape index (κ3) is 5.57. The Balaban J connectivity index is 1.82. The number of hydrogen-bond acceptors (Lipinski definition) is 5. The first-order valence-electron chi connectivity index (χ1n) is 9.31. The molecule has 1 spiro atoms. The zero-order chi connectivity index (χ0) is 17.6. The summed E-state index contributed by atoms with van der Waals surface area (Å²) in [6.07, 6.45) is 9.11. The van der Waals surface area contributed by atoms with Crippen LogP contribution in [0.25, 0.3) is 0 Å². The Morgan fingerprint density at radius 1 is 1.33 bits per heavy atom. The van der Waals surface area contributed by atoms with E-state index in [0.717, 1.165) is 57.6 Å². The van der Waals surface area contributed by atoms with E-state index in [1.807, 2.05) is 13.1 Å². The van der Waals surface area contributed by atoms with E-state index < -0.39 is 0 Å². The van der Waals surface area contributed by atoms with E-state index >= 15 is 0 Å². The van der Waals surface area contributed by atoms with Gasteiger partial charge in [-0.05, 0) is 57.7 Å². The second-order valence-corrected chi connectivity index (χ2v) is 8.43. The number of nitrogens with zero attached hydrogens (tertiary/aromatic N) is 1. The van der Waals surface area contributed by atoms with Gasteiger partial charge in [0.1, 0.15) is 0 Å². The van der Waals surface area contributed by atoms with Gasteiger partial charge in [0.2, 0.25) is 0 Å². The number of hydrogen-bond donors (Lipinski definition) is 3. The zero-order valence-corrected chi connectivity index (χ0v) is 16.0. The number of ether oxygens (including phenoxy) is 1. The number of allylic oxidation sites excluding steroid dienone is 1. The molecule has 0 aromatic rings. The summed E-state index contributed by atoms with van der Waals surface area (Å²) in [6, 6.07) is 0.506. The summed E-state index contributed by atoms with van der Waals surface area (Å²) in [5.41, 5.74) is 1.62. The third-order valence-electron chi connectivity index (χ3n) is 5.32. The van der Waals surface area contributed by atoms with Crippen molar-refractivity contribution in [2.75, 3.05) is 40.3 Å². The smallest absolute Gasteiger partial charge is 0.0690 e. The van der Waals surface area contributed by atoms with Crippen molar-refractivity contribution in [2.45, 2.75) is 57.6 Å². The Morgan fingerprint density at radius 2 is 2.04 bits per heavy atom. The molecule has 0 amide bonds. The fourth-order valence-electron chi connectivity index (χ4n) is 4.11. The first-order chi connectivity index (χ1) is 11.4. The summed E-state index contributed by atoms with van der Waals surface area (Å²) in [4.78, 5) is 2.28. The van der Waals surface area contributed by atoms with Gasteiger partial charge in [0.05, 0.1) is 12.2 Å². The molecular formula is C19H36N4O. The van der Waals surface area contributed by atoms with Crippen LogP contribution in [0, 0.1) is 10.8 Å². The Hall–Kier alpha value is -0.910. The maximum absolute atomic E-state index is 7.42. The summed E-state index contributed by atoms with van der Waals surface area (Å²) in [7, 11) is 4.10. The SMILES string of the molecule is CNCCN(C)C/C(=C/C=N)NC1CCC2(CC1)CC(C)(C)CO2. The molecule has 0 aromatic carbocycles. The monoisotopic (exact) mass is 336 g/mol. The number of rotatable bonds is 8. The average Bonchev–Trinajstić information content (AvgIpc) is 2.83. The maximum Gasteiger partial charge on any atom is 0.0690 e. The molecule has 1 heterocycles. The predicted molar refractivity (Wildman–Crippen MR) is 101 cm³/mol. The molecule has 0 radical (unpaired) electrons. The van der Waals surface area contributed by atoms with Crippen molar-refractivity contribution in [3.63, 3.8) is 0 Å². The minimum Gasteiger partial charge on any atom is -0.385 e. The Morgan fingerprint density at radius 3 is 2.58 bits per heavy atom. The van der Waals surface area contributed by atoms with E-state index in [1.165, 1.54) is 12.6 Å². The van der Waals surface area contributed by atoms with Gasteiger partial charge in [-0.15, -0.1) is 0 Å². The molecule has 0 aromatic heterocycles. The van der Waals surface area contributed by atoms with E-state index in [2.05, 4.69) is 36.4 Å². The van der Waals surface area contributed by atoms with Gasteiger partial charge in [-0.25, -0.2) is 0 Å². The molecule has 24 heavy (non-hydrogen) atoms. The van der Waals surface area contributed by atoms with Crippen LogP contribution >= 0.6 is 0 Å². The van der Waals surface area contributed by atoms with Gasteiger partial charge in [0.15, 0.2) is 0 Å². The summed E-state index contributed by atoms with van der Waals surface area (Å²) in [5.74, 6) is 0. The molecular weight excluding hydrogens is 300 g/mol. The molecule has 0 unspecified atom stereocenters. The van der Waals surface area contributed by atoms with Gasteiger partial charge in [0, 0.05) is 37.6 Å². The lowest BCUT2D eigenvalue weighted by Crippen LogP contribution is -2.42. The molecule has 2 rings (SSSR count). The van der Waals surface area contributed by atoms with Crippen LogP contribution < -0.4 is 10.6 Å². The minimum absolute atomic E-state index is 0.136. The van der Waals surface area contributed by atoms with Crippen LogP contribution in [-0.2, 0) is 4.74 Å². The van der Waals surface area contributed by atoms with E-state index in [-0.39, 0.29) is 5.60 Å². The lowest BCUT2D eigenvalue weighted by atomic mass is 9.75. The minimum atomic E-state index is 0.136. The molecule has 2 fully saturated rings. The Kier molecular flexibility index (Phi) is 6.84. The lowest BCUT2D eigenvalue weighted by molar-refractivity contribution is -0.0306. The highest BCUT2D eigenvalue weighted by atomic mass is 16.5. The van der Waals surface area contributed by atoms with Crippen LogP contribution in [0.3, 0.4) is 0 Å². The van der Waals surface area contributed by atoms with Crippen molar-refractivity contribution in [1.82, 2.24) is 15.5 Å². The molecule has 0 bridgehead atoms. The highest BCUT2D eigenvalue weighted by Gasteiger charge is 2.46. The van der Waals surface area contributed by atoms with Gasteiger partial charge in [-0.3, -0.25) is 4.90 Å². The Bertz CT molecular complexity index is 439. The lowest BCUT2D eigenvalue weighted by Gasteiger charge is -2.38. The van der Waals surface area contributed by atoms with Gasteiger partial charge < -0.3 is 20.8 Å². The van der Waals surface area contributed by atoms with Crippen molar-refractivity contribution >= 4 is 6.21 Å². The van der Waals surface area contributed by atoms with Gasteiger partial charge in [-0.1, -0.05) is 13.8 Å².